The van der Waals surface area contributed by atoms with Gasteiger partial charge in [-0.25, -0.2) is 4.98 Å². The van der Waals surface area contributed by atoms with Crippen molar-refractivity contribution in [3.05, 3.63) is 53.7 Å². The average Bonchev–Trinajstić information content (AvgIpc) is 3.01. The Bertz CT molecular complexity index is 641. The van der Waals surface area contributed by atoms with Crippen LogP contribution in [0.25, 0.3) is 0 Å². The molecule has 1 aliphatic rings. The van der Waals surface area contributed by atoms with Crippen LogP contribution in [0, 0.1) is 6.92 Å². The molecule has 6 nitrogen and oxygen atoms in total. The minimum absolute atomic E-state index is 0.0869. The molecule has 0 radical (unpaired) electrons. The number of nitrogens with zero attached hydrogens (tertiary/aromatic N) is 1. The fraction of sp³-hybridized carbons (Fsp3) is 0.412. The number of oxazole rings is 1. The lowest BCUT2D eigenvalue weighted by Crippen LogP contribution is -2.50. The van der Waals surface area contributed by atoms with Crippen LogP contribution in [0.2, 0.25) is 0 Å². The monoisotopic (exact) mass is 316 g/mol. The Morgan fingerprint density at radius 1 is 1.39 bits per heavy atom. The molecule has 0 aliphatic carbocycles. The summed E-state index contributed by atoms with van der Waals surface area (Å²) in [5.41, 5.74) is 1.68. The molecule has 0 bridgehead atoms. The molecule has 0 unspecified atom stereocenters. The van der Waals surface area contributed by atoms with Gasteiger partial charge in [0.1, 0.15) is 0 Å². The van der Waals surface area contributed by atoms with Gasteiger partial charge in [-0.1, -0.05) is 30.3 Å². The predicted octanol–water partition coefficient (Wildman–Crippen LogP) is 2.09. The molecule has 1 aliphatic heterocycles. The van der Waals surface area contributed by atoms with Gasteiger partial charge in [0, 0.05) is 6.61 Å². The number of hydrogen-bond donors (Lipinski definition) is 1. The highest BCUT2D eigenvalue weighted by Gasteiger charge is 2.29. The van der Waals surface area contributed by atoms with Crippen LogP contribution in [0.3, 0.4) is 0 Å². The minimum atomic E-state index is -0.288. The first-order valence-corrected chi connectivity index (χ1v) is 7.68. The van der Waals surface area contributed by atoms with E-state index < -0.39 is 0 Å². The molecule has 1 aromatic heterocycles. The summed E-state index contributed by atoms with van der Waals surface area (Å²) in [5.74, 6) is -0.0545. The third kappa shape index (κ3) is 3.97. The zero-order valence-electron chi connectivity index (χ0n) is 13.0. The molecule has 122 valence electrons. The largest absolute Gasteiger partial charge is 0.438 e. The van der Waals surface area contributed by atoms with Crippen LogP contribution in [-0.2, 0) is 16.1 Å². The number of carbonyl (C=O) groups is 1. The molecule has 0 saturated carbocycles. The first kappa shape index (κ1) is 15.7. The van der Waals surface area contributed by atoms with Gasteiger partial charge in [-0.2, -0.15) is 0 Å². The molecule has 0 spiro atoms. The van der Waals surface area contributed by atoms with Gasteiger partial charge in [0.15, 0.2) is 6.39 Å². The van der Waals surface area contributed by atoms with Crippen LogP contribution in [0.1, 0.15) is 28.2 Å². The molecule has 1 N–H and O–H groups in total. The number of hydrogen-bond acceptors (Lipinski definition) is 5. The van der Waals surface area contributed by atoms with Crippen LogP contribution in [0.4, 0.5) is 0 Å². The second-order valence-corrected chi connectivity index (χ2v) is 5.55. The molecule has 1 saturated heterocycles. The van der Waals surface area contributed by atoms with Crippen LogP contribution in [0.15, 0.2) is 41.1 Å². The lowest BCUT2D eigenvalue weighted by atomic mass is 10.1. The number of rotatable bonds is 5. The lowest BCUT2D eigenvalue weighted by Gasteiger charge is -2.31. The number of nitrogens with one attached hydrogen (secondary N) is 1. The highest BCUT2D eigenvalue weighted by atomic mass is 16.5. The normalized spacial score (nSPS) is 21.1. The van der Waals surface area contributed by atoms with E-state index in [-0.39, 0.29) is 23.8 Å². The maximum Gasteiger partial charge on any atom is 0.289 e. The van der Waals surface area contributed by atoms with E-state index >= 15 is 0 Å². The summed E-state index contributed by atoms with van der Waals surface area (Å²) in [6.07, 6.45) is 1.93. The summed E-state index contributed by atoms with van der Waals surface area (Å²) in [4.78, 5) is 16.2. The van der Waals surface area contributed by atoms with Gasteiger partial charge in [0.2, 0.25) is 5.76 Å². The summed E-state index contributed by atoms with van der Waals surface area (Å²) in [7, 11) is 0. The third-order valence-electron chi connectivity index (χ3n) is 3.87. The standard InChI is InChI=1S/C17H20N2O4/c1-12-16(23-11-18-12)17(20)19-14-10-21-8-7-15(14)22-9-13-5-3-2-4-6-13/h2-6,11,14-15H,7-10H2,1H3,(H,19,20)/t14-,15+/m1/s1. The predicted molar refractivity (Wildman–Crippen MR) is 82.9 cm³/mol. The van der Waals surface area contributed by atoms with Crippen LogP contribution in [0.5, 0.6) is 0 Å². The molecule has 1 aromatic carbocycles. The molecule has 2 aromatic rings. The molecule has 6 heteroatoms. The summed E-state index contributed by atoms with van der Waals surface area (Å²) in [6.45, 7) is 3.31. The van der Waals surface area contributed by atoms with Crippen molar-refractivity contribution in [2.75, 3.05) is 13.2 Å². The van der Waals surface area contributed by atoms with Crippen molar-refractivity contribution >= 4 is 5.91 Å². The Hall–Kier alpha value is -2.18. The molecule has 1 amide bonds. The van der Waals surface area contributed by atoms with E-state index in [4.69, 9.17) is 13.9 Å². The first-order chi connectivity index (χ1) is 11.2. The quantitative estimate of drug-likeness (QED) is 0.914. The van der Waals surface area contributed by atoms with E-state index in [0.29, 0.717) is 25.5 Å². The van der Waals surface area contributed by atoms with Crippen LogP contribution >= 0.6 is 0 Å². The molecular formula is C17H20N2O4. The van der Waals surface area contributed by atoms with Gasteiger partial charge in [-0.05, 0) is 18.9 Å². The number of ether oxygens (including phenoxy) is 2. The molecule has 2 heterocycles. The van der Waals surface area contributed by atoms with Crippen molar-refractivity contribution in [2.45, 2.75) is 32.1 Å². The Kier molecular flexibility index (Phi) is 5.05. The van der Waals surface area contributed by atoms with E-state index in [1.165, 1.54) is 6.39 Å². The number of amides is 1. The highest BCUT2D eigenvalue weighted by molar-refractivity contribution is 5.92. The smallest absolute Gasteiger partial charge is 0.289 e. The van der Waals surface area contributed by atoms with Gasteiger partial charge in [0.05, 0.1) is 31.1 Å². The molecule has 23 heavy (non-hydrogen) atoms. The first-order valence-electron chi connectivity index (χ1n) is 7.68. The second-order valence-electron chi connectivity index (χ2n) is 5.55. The van der Waals surface area contributed by atoms with Crippen LogP contribution in [-0.4, -0.2) is 36.3 Å². The van der Waals surface area contributed by atoms with Crippen molar-refractivity contribution < 1.29 is 18.7 Å². The van der Waals surface area contributed by atoms with E-state index in [2.05, 4.69) is 10.3 Å². The van der Waals surface area contributed by atoms with E-state index in [1.54, 1.807) is 6.92 Å². The number of aromatic nitrogens is 1. The average molecular weight is 316 g/mol. The Balaban J connectivity index is 1.60. The molecule has 1 fully saturated rings. The molecule has 2 atom stereocenters. The van der Waals surface area contributed by atoms with E-state index in [0.717, 1.165) is 12.0 Å². The van der Waals surface area contributed by atoms with Crippen molar-refractivity contribution in [1.82, 2.24) is 10.3 Å². The SMILES string of the molecule is Cc1ncoc1C(=O)N[C@@H]1COCC[C@@H]1OCc1ccccc1. The Morgan fingerprint density at radius 2 is 2.22 bits per heavy atom. The van der Waals surface area contributed by atoms with Gasteiger partial charge >= 0.3 is 0 Å². The zero-order valence-corrected chi connectivity index (χ0v) is 13.0. The Morgan fingerprint density at radius 3 is 2.96 bits per heavy atom. The van der Waals surface area contributed by atoms with Crippen molar-refractivity contribution in [3.8, 4) is 0 Å². The minimum Gasteiger partial charge on any atom is -0.438 e. The summed E-state index contributed by atoms with van der Waals surface area (Å²) >= 11 is 0. The van der Waals surface area contributed by atoms with Gasteiger partial charge in [0.25, 0.3) is 5.91 Å². The van der Waals surface area contributed by atoms with Crippen molar-refractivity contribution in [3.63, 3.8) is 0 Å². The lowest BCUT2D eigenvalue weighted by molar-refractivity contribution is -0.0606. The molecular weight excluding hydrogens is 296 g/mol. The summed E-state index contributed by atoms with van der Waals surface area (Å²) in [5, 5.41) is 2.93. The van der Waals surface area contributed by atoms with E-state index in [1.807, 2.05) is 30.3 Å². The van der Waals surface area contributed by atoms with E-state index in [9.17, 15) is 4.79 Å². The van der Waals surface area contributed by atoms with Crippen molar-refractivity contribution in [2.24, 2.45) is 0 Å². The fourth-order valence-electron chi connectivity index (χ4n) is 2.58. The van der Waals surface area contributed by atoms with Crippen molar-refractivity contribution in [1.29, 1.82) is 0 Å². The topological polar surface area (TPSA) is 73.6 Å². The third-order valence-corrected chi connectivity index (χ3v) is 3.87. The number of carbonyl (C=O) groups excluding carboxylic acids is 1. The second kappa shape index (κ2) is 7.39. The van der Waals surface area contributed by atoms with Crippen LogP contribution < -0.4 is 5.32 Å². The number of benzene rings is 1. The fourth-order valence-corrected chi connectivity index (χ4v) is 2.58. The Labute approximate surface area is 134 Å². The highest BCUT2D eigenvalue weighted by Crippen LogP contribution is 2.15. The van der Waals surface area contributed by atoms with Gasteiger partial charge in [-0.15, -0.1) is 0 Å². The summed E-state index contributed by atoms with van der Waals surface area (Å²) in [6, 6.07) is 9.77. The van der Waals surface area contributed by atoms with Gasteiger partial charge in [-0.3, -0.25) is 4.79 Å². The van der Waals surface area contributed by atoms with Gasteiger partial charge < -0.3 is 19.2 Å². The summed E-state index contributed by atoms with van der Waals surface area (Å²) < 4.78 is 16.6. The zero-order chi connectivity index (χ0) is 16.1. The maximum atomic E-state index is 12.3. The maximum absolute atomic E-state index is 12.3. The molecule has 3 rings (SSSR count). The number of aryl methyl sites for hydroxylation is 1.